The molecule has 0 aromatic heterocycles. The predicted octanol–water partition coefficient (Wildman–Crippen LogP) is 2.86. The highest BCUT2D eigenvalue weighted by Gasteiger charge is 2.07. The van der Waals surface area contributed by atoms with Crippen LogP contribution in [0, 0.1) is 13.8 Å². The topological polar surface area (TPSA) is 52.1 Å². The highest BCUT2D eigenvalue weighted by Crippen LogP contribution is 2.28. The summed E-state index contributed by atoms with van der Waals surface area (Å²) in [5.74, 6) is 1.79. The van der Waals surface area contributed by atoms with Crippen molar-refractivity contribution in [2.24, 2.45) is 5.16 Å². The van der Waals surface area contributed by atoms with Crippen molar-refractivity contribution in [2.75, 3.05) is 33.4 Å². The van der Waals surface area contributed by atoms with E-state index in [1.807, 2.05) is 45.1 Å². The molecule has 0 spiro atoms. The Morgan fingerprint density at radius 3 is 2.55 bits per heavy atom. The lowest BCUT2D eigenvalue weighted by Gasteiger charge is -2.14. The first-order valence-electron chi connectivity index (χ1n) is 7.42. The van der Waals surface area contributed by atoms with Crippen LogP contribution in [0.4, 0.5) is 0 Å². The number of hydrogen-bond donors (Lipinski definition) is 1. The Morgan fingerprint density at radius 1 is 1.18 bits per heavy atom. The quantitative estimate of drug-likeness (QED) is 0.312. The van der Waals surface area contributed by atoms with Crippen LogP contribution in [0.5, 0.6) is 11.5 Å². The van der Waals surface area contributed by atoms with Gasteiger partial charge in [-0.25, -0.2) is 0 Å². The largest absolute Gasteiger partial charge is 0.492 e. The molecule has 22 heavy (non-hydrogen) atoms. The Hall–Kier alpha value is -2.01. The van der Waals surface area contributed by atoms with Crippen LogP contribution in [0.25, 0.3) is 0 Å². The van der Waals surface area contributed by atoms with E-state index < -0.39 is 0 Å². The zero-order valence-corrected chi connectivity index (χ0v) is 13.9. The van der Waals surface area contributed by atoms with Crippen molar-refractivity contribution in [1.29, 1.82) is 0 Å². The van der Waals surface area contributed by atoms with Crippen LogP contribution in [0.1, 0.15) is 18.1 Å². The molecular weight excluding hydrogens is 280 g/mol. The van der Waals surface area contributed by atoms with Crippen LogP contribution in [-0.2, 0) is 4.84 Å². The van der Waals surface area contributed by atoms with Crippen LogP contribution >= 0.6 is 0 Å². The Kier molecular flexibility index (Phi) is 8.76. The standard InChI is InChI=1S/C17H26N2O3/c1-5-6-10-21-16-12-14(2)17(15(3)13-16)22-11-9-18-7-8-19-20-4/h5-6,8,12-13,18H,7,9-11H2,1-4H3/b6-5+,19-8?. The smallest absolute Gasteiger partial charge is 0.125 e. The number of hydrogen-bond acceptors (Lipinski definition) is 5. The molecule has 1 aromatic rings. The summed E-state index contributed by atoms with van der Waals surface area (Å²) in [5, 5.41) is 6.84. The van der Waals surface area contributed by atoms with Gasteiger partial charge in [-0.15, -0.1) is 0 Å². The van der Waals surface area contributed by atoms with Crippen LogP contribution in [0.3, 0.4) is 0 Å². The van der Waals surface area contributed by atoms with E-state index in [-0.39, 0.29) is 0 Å². The third-order valence-electron chi connectivity index (χ3n) is 2.96. The van der Waals surface area contributed by atoms with Gasteiger partial charge >= 0.3 is 0 Å². The molecule has 1 rings (SSSR count). The van der Waals surface area contributed by atoms with E-state index in [9.17, 15) is 0 Å². The Bertz CT molecular complexity index is 476. The second-order valence-corrected chi connectivity index (χ2v) is 4.79. The number of nitrogens with zero attached hydrogens (tertiary/aromatic N) is 1. The lowest BCUT2D eigenvalue weighted by Crippen LogP contribution is -2.23. The lowest BCUT2D eigenvalue weighted by atomic mass is 10.1. The van der Waals surface area contributed by atoms with Crippen LogP contribution in [0.15, 0.2) is 29.4 Å². The van der Waals surface area contributed by atoms with Gasteiger partial charge in [0, 0.05) is 13.1 Å². The average molecular weight is 306 g/mol. The van der Waals surface area contributed by atoms with E-state index in [1.54, 1.807) is 6.21 Å². The maximum Gasteiger partial charge on any atom is 0.125 e. The van der Waals surface area contributed by atoms with Crippen molar-refractivity contribution in [3.05, 3.63) is 35.4 Å². The third kappa shape index (κ3) is 6.63. The van der Waals surface area contributed by atoms with Gasteiger partial charge in [0.25, 0.3) is 0 Å². The van der Waals surface area contributed by atoms with Crippen molar-refractivity contribution < 1.29 is 14.3 Å². The fraction of sp³-hybridized carbons (Fsp3) is 0.471. The Labute approximate surface area is 132 Å². The van der Waals surface area contributed by atoms with Gasteiger partial charge in [0.15, 0.2) is 0 Å². The second kappa shape index (κ2) is 10.7. The number of allylic oxidation sites excluding steroid dienone is 1. The molecule has 0 aliphatic carbocycles. The average Bonchev–Trinajstić information content (AvgIpc) is 2.49. The molecule has 0 aliphatic heterocycles. The van der Waals surface area contributed by atoms with E-state index in [4.69, 9.17) is 9.47 Å². The summed E-state index contributed by atoms with van der Waals surface area (Å²) in [4.78, 5) is 4.58. The Balaban J connectivity index is 2.45. The summed E-state index contributed by atoms with van der Waals surface area (Å²) in [6, 6.07) is 4.01. The van der Waals surface area contributed by atoms with Crippen LogP contribution < -0.4 is 14.8 Å². The fourth-order valence-electron chi connectivity index (χ4n) is 1.97. The van der Waals surface area contributed by atoms with Gasteiger partial charge in [-0.1, -0.05) is 17.3 Å². The van der Waals surface area contributed by atoms with Crippen molar-refractivity contribution in [1.82, 2.24) is 5.32 Å². The molecule has 0 bridgehead atoms. The van der Waals surface area contributed by atoms with Gasteiger partial charge in [0.2, 0.25) is 0 Å². The first-order valence-corrected chi connectivity index (χ1v) is 7.42. The number of nitrogens with one attached hydrogen (secondary N) is 1. The zero-order valence-electron chi connectivity index (χ0n) is 13.9. The molecule has 0 aliphatic rings. The first-order chi connectivity index (χ1) is 10.7. The van der Waals surface area contributed by atoms with Crippen molar-refractivity contribution in [3.63, 3.8) is 0 Å². The summed E-state index contributed by atoms with van der Waals surface area (Å²) in [5.41, 5.74) is 2.16. The number of aryl methyl sites for hydroxylation is 2. The third-order valence-corrected chi connectivity index (χ3v) is 2.96. The fourth-order valence-corrected chi connectivity index (χ4v) is 1.97. The maximum absolute atomic E-state index is 5.85. The van der Waals surface area contributed by atoms with Gasteiger partial charge < -0.3 is 19.6 Å². The van der Waals surface area contributed by atoms with Crippen molar-refractivity contribution >= 4 is 6.21 Å². The summed E-state index contributed by atoms with van der Waals surface area (Å²) >= 11 is 0. The van der Waals surface area contributed by atoms with Crippen molar-refractivity contribution in [3.8, 4) is 11.5 Å². The minimum atomic E-state index is 0.586. The van der Waals surface area contributed by atoms with E-state index >= 15 is 0 Å². The molecule has 1 aromatic carbocycles. The molecule has 0 radical (unpaired) electrons. The Morgan fingerprint density at radius 2 is 1.91 bits per heavy atom. The van der Waals surface area contributed by atoms with Crippen molar-refractivity contribution in [2.45, 2.75) is 20.8 Å². The van der Waals surface area contributed by atoms with E-state index in [0.29, 0.717) is 19.8 Å². The molecule has 0 unspecified atom stereocenters. The van der Waals surface area contributed by atoms with Crippen LogP contribution in [-0.4, -0.2) is 39.6 Å². The summed E-state index contributed by atoms with van der Waals surface area (Å²) in [6.07, 6.45) is 5.63. The summed E-state index contributed by atoms with van der Waals surface area (Å²) in [7, 11) is 1.52. The molecule has 0 atom stereocenters. The molecule has 0 heterocycles. The molecule has 0 saturated carbocycles. The summed E-state index contributed by atoms with van der Waals surface area (Å²) < 4.78 is 11.5. The molecule has 122 valence electrons. The van der Waals surface area contributed by atoms with Gasteiger partial charge in [0.05, 0.1) is 6.21 Å². The minimum absolute atomic E-state index is 0.586. The van der Waals surface area contributed by atoms with Gasteiger partial charge in [-0.3, -0.25) is 0 Å². The highest BCUT2D eigenvalue weighted by atomic mass is 16.6. The van der Waals surface area contributed by atoms with Crippen LogP contribution in [0.2, 0.25) is 0 Å². The lowest BCUT2D eigenvalue weighted by molar-refractivity contribution is 0.214. The maximum atomic E-state index is 5.85. The molecule has 5 heteroatoms. The monoisotopic (exact) mass is 306 g/mol. The van der Waals surface area contributed by atoms with Gasteiger partial charge in [0.1, 0.15) is 31.8 Å². The molecule has 0 saturated heterocycles. The van der Waals surface area contributed by atoms with Gasteiger partial charge in [-0.2, -0.15) is 0 Å². The SMILES string of the molecule is C/C=C/COc1cc(C)c(OCCNCC=NOC)c(C)c1. The second-order valence-electron chi connectivity index (χ2n) is 4.79. The van der Waals surface area contributed by atoms with E-state index in [2.05, 4.69) is 15.3 Å². The number of benzene rings is 1. The summed E-state index contributed by atoms with van der Waals surface area (Å²) in [6.45, 7) is 8.63. The van der Waals surface area contributed by atoms with E-state index in [1.165, 1.54) is 7.11 Å². The van der Waals surface area contributed by atoms with Gasteiger partial charge in [-0.05, 0) is 44.0 Å². The number of ether oxygens (including phenoxy) is 2. The number of oxime groups is 1. The minimum Gasteiger partial charge on any atom is -0.492 e. The zero-order chi connectivity index (χ0) is 16.2. The molecule has 0 fully saturated rings. The number of rotatable bonds is 10. The highest BCUT2D eigenvalue weighted by molar-refractivity contribution is 5.58. The molecular formula is C17H26N2O3. The molecule has 5 nitrogen and oxygen atoms in total. The molecule has 0 amide bonds. The normalized spacial score (nSPS) is 11.3. The predicted molar refractivity (Wildman–Crippen MR) is 90.1 cm³/mol. The first kappa shape index (κ1) is 18.0. The van der Waals surface area contributed by atoms with E-state index in [0.717, 1.165) is 29.2 Å². The molecule has 1 N–H and O–H groups in total.